The summed E-state index contributed by atoms with van der Waals surface area (Å²) in [6.45, 7) is 6.44. The molecule has 6 nitrogen and oxygen atoms in total. The lowest BCUT2D eigenvalue weighted by atomic mass is 10.0. The van der Waals surface area contributed by atoms with E-state index in [1.165, 1.54) is 18.2 Å². The Morgan fingerprint density at radius 3 is 2.42 bits per heavy atom. The predicted octanol–water partition coefficient (Wildman–Crippen LogP) is 4.36. The number of nitrogen functional groups attached to an aromatic ring is 1. The van der Waals surface area contributed by atoms with Gasteiger partial charge in [0.2, 0.25) is 0 Å². The molecule has 0 aromatic heterocycles. The van der Waals surface area contributed by atoms with Crippen molar-refractivity contribution >= 4 is 17.5 Å². The Bertz CT molecular complexity index is 770. The molecule has 0 atom stereocenters. The molecule has 0 unspecified atom stereocenters. The van der Waals surface area contributed by atoms with Gasteiger partial charge in [-0.05, 0) is 44.5 Å². The summed E-state index contributed by atoms with van der Waals surface area (Å²) in [5, 5.41) is 11.2. The maximum atomic E-state index is 13.2. The molecule has 0 fully saturated rings. The highest BCUT2D eigenvalue weighted by Crippen LogP contribution is 2.36. The number of rotatable bonds is 6. The highest BCUT2D eigenvalue weighted by Gasteiger charge is 2.14. The summed E-state index contributed by atoms with van der Waals surface area (Å²) in [5.74, 6) is 0.0685. The quantitative estimate of drug-likeness (QED) is 0.524. The van der Waals surface area contributed by atoms with E-state index in [4.69, 9.17) is 20.3 Å². The second kappa shape index (κ2) is 8.05. The van der Waals surface area contributed by atoms with Crippen LogP contribution < -0.4 is 15.8 Å². The van der Waals surface area contributed by atoms with E-state index < -0.39 is 6.09 Å². The molecule has 0 aliphatic heterocycles. The van der Waals surface area contributed by atoms with Gasteiger partial charge in [-0.25, -0.2) is 9.18 Å². The molecule has 0 heterocycles. The summed E-state index contributed by atoms with van der Waals surface area (Å²) < 4.78 is 24.6. The van der Waals surface area contributed by atoms with Gasteiger partial charge in [-0.1, -0.05) is 12.1 Å². The zero-order chi connectivity index (χ0) is 19.3. The van der Waals surface area contributed by atoms with Crippen LogP contribution in [0.1, 0.15) is 20.8 Å². The summed E-state index contributed by atoms with van der Waals surface area (Å²) in [6, 6.07) is 8.99. The number of carboxylic acid groups (broad SMARTS) is 1. The fraction of sp³-hybridized carbons (Fsp3) is 0.316. The van der Waals surface area contributed by atoms with Gasteiger partial charge in [0.1, 0.15) is 18.2 Å². The third-order valence-electron chi connectivity index (χ3n) is 3.42. The van der Waals surface area contributed by atoms with Gasteiger partial charge in [-0.2, -0.15) is 0 Å². The van der Waals surface area contributed by atoms with Gasteiger partial charge in [0.15, 0.2) is 0 Å². The number of hydrogen-bond donors (Lipinski definition) is 3. The normalized spacial score (nSPS) is 11.2. The van der Waals surface area contributed by atoms with E-state index in [1.807, 2.05) is 20.8 Å². The largest absolute Gasteiger partial charge is 0.490 e. The zero-order valence-electron chi connectivity index (χ0n) is 15.0. The maximum absolute atomic E-state index is 13.2. The summed E-state index contributed by atoms with van der Waals surface area (Å²) in [6.07, 6.45) is -1.23. The second-order valence-electron chi connectivity index (χ2n) is 6.68. The summed E-state index contributed by atoms with van der Waals surface area (Å²) >= 11 is 0. The van der Waals surface area contributed by atoms with E-state index in [2.05, 4.69) is 5.32 Å². The minimum atomic E-state index is -1.23. The molecule has 4 N–H and O–H groups in total. The van der Waals surface area contributed by atoms with Crippen LogP contribution in [-0.2, 0) is 4.74 Å². The van der Waals surface area contributed by atoms with E-state index in [1.54, 1.807) is 18.2 Å². The molecule has 0 aliphatic rings. The minimum Gasteiger partial charge on any atom is -0.490 e. The Balaban J connectivity index is 2.30. The Morgan fingerprint density at radius 2 is 1.85 bits per heavy atom. The van der Waals surface area contributed by atoms with Crippen LogP contribution in [0.2, 0.25) is 0 Å². The molecule has 0 aliphatic carbocycles. The summed E-state index contributed by atoms with van der Waals surface area (Å²) in [7, 11) is 0. The molecule has 0 saturated heterocycles. The number of hydrogen-bond acceptors (Lipinski definition) is 4. The van der Waals surface area contributed by atoms with Crippen molar-refractivity contribution in [3.63, 3.8) is 0 Å². The lowest BCUT2D eigenvalue weighted by Gasteiger charge is -2.20. The highest BCUT2D eigenvalue weighted by atomic mass is 19.1. The second-order valence-corrected chi connectivity index (χ2v) is 6.68. The van der Waals surface area contributed by atoms with Crippen LogP contribution in [0.4, 0.5) is 20.6 Å². The van der Waals surface area contributed by atoms with Gasteiger partial charge in [0.05, 0.1) is 23.6 Å². The van der Waals surface area contributed by atoms with Crippen LogP contribution in [-0.4, -0.2) is 30.0 Å². The molecule has 7 heteroatoms. The highest BCUT2D eigenvalue weighted by molar-refractivity contribution is 5.91. The predicted molar refractivity (Wildman–Crippen MR) is 99.1 cm³/mol. The number of ether oxygens (including phenoxy) is 2. The number of nitrogens with one attached hydrogen (secondary N) is 1. The molecule has 0 spiro atoms. The maximum Gasteiger partial charge on any atom is 0.409 e. The minimum absolute atomic E-state index is 0.218. The first kappa shape index (κ1) is 19.5. The van der Waals surface area contributed by atoms with Crippen LogP contribution in [0.5, 0.6) is 5.75 Å². The Labute approximate surface area is 151 Å². The lowest BCUT2D eigenvalue weighted by molar-refractivity contribution is -0.0162. The van der Waals surface area contributed by atoms with Crippen molar-refractivity contribution in [3.8, 4) is 16.9 Å². The Kier molecular flexibility index (Phi) is 6.05. The van der Waals surface area contributed by atoms with Crippen molar-refractivity contribution in [1.29, 1.82) is 0 Å². The number of benzene rings is 2. The van der Waals surface area contributed by atoms with Gasteiger partial charge in [0, 0.05) is 11.6 Å². The molecule has 0 radical (unpaired) electrons. The molecule has 2 aromatic carbocycles. The number of halogens is 1. The van der Waals surface area contributed by atoms with Crippen molar-refractivity contribution in [1.82, 2.24) is 0 Å². The van der Waals surface area contributed by atoms with Crippen molar-refractivity contribution in [2.45, 2.75) is 26.4 Å². The smallest absolute Gasteiger partial charge is 0.409 e. The van der Waals surface area contributed by atoms with E-state index in [0.29, 0.717) is 23.5 Å². The van der Waals surface area contributed by atoms with Gasteiger partial charge < -0.3 is 20.3 Å². The molecular formula is C19H23FN2O4. The average Bonchev–Trinajstić information content (AvgIpc) is 2.53. The third-order valence-corrected chi connectivity index (χ3v) is 3.42. The van der Waals surface area contributed by atoms with Crippen LogP contribution in [0, 0.1) is 5.82 Å². The molecule has 0 bridgehead atoms. The number of nitrogens with two attached hydrogens (primary N) is 1. The Hall–Kier alpha value is -2.80. The van der Waals surface area contributed by atoms with Crippen LogP contribution in [0.25, 0.3) is 11.1 Å². The molecule has 2 rings (SSSR count). The van der Waals surface area contributed by atoms with Gasteiger partial charge in [-0.15, -0.1) is 0 Å². The van der Waals surface area contributed by atoms with E-state index in [0.717, 1.165) is 0 Å². The number of anilines is 2. The standard InChI is InChI=1S/C19H23FN2O4/c1-19(2,3)26-9-8-25-17-11-16(22-18(23)24)15(21)10-14(17)12-4-6-13(20)7-5-12/h4-7,10-11,22H,8-9,21H2,1-3H3,(H,23,24). The fourth-order valence-corrected chi connectivity index (χ4v) is 2.29. The lowest BCUT2D eigenvalue weighted by Crippen LogP contribution is -2.22. The molecule has 0 saturated carbocycles. The first-order valence-corrected chi connectivity index (χ1v) is 8.12. The van der Waals surface area contributed by atoms with Crippen molar-refractivity contribution in [3.05, 3.63) is 42.2 Å². The van der Waals surface area contributed by atoms with Crippen molar-refractivity contribution < 1.29 is 23.8 Å². The van der Waals surface area contributed by atoms with Crippen LogP contribution in [0.3, 0.4) is 0 Å². The van der Waals surface area contributed by atoms with Crippen LogP contribution >= 0.6 is 0 Å². The van der Waals surface area contributed by atoms with Gasteiger partial charge in [0.25, 0.3) is 0 Å². The van der Waals surface area contributed by atoms with E-state index >= 15 is 0 Å². The van der Waals surface area contributed by atoms with E-state index in [9.17, 15) is 9.18 Å². The summed E-state index contributed by atoms with van der Waals surface area (Å²) in [4.78, 5) is 10.9. The molecule has 1 amide bonds. The summed E-state index contributed by atoms with van der Waals surface area (Å²) in [5.41, 5.74) is 7.44. The SMILES string of the molecule is CC(C)(C)OCCOc1cc(NC(=O)O)c(N)cc1-c1ccc(F)cc1. The molecular weight excluding hydrogens is 339 g/mol. The monoisotopic (exact) mass is 362 g/mol. The molecule has 140 valence electrons. The van der Waals surface area contributed by atoms with E-state index in [-0.39, 0.29) is 29.4 Å². The zero-order valence-corrected chi connectivity index (χ0v) is 15.0. The number of carbonyl (C=O) groups is 1. The first-order valence-electron chi connectivity index (χ1n) is 8.12. The Morgan fingerprint density at radius 1 is 1.19 bits per heavy atom. The third kappa shape index (κ3) is 5.63. The van der Waals surface area contributed by atoms with Gasteiger partial charge >= 0.3 is 6.09 Å². The average molecular weight is 362 g/mol. The molecule has 2 aromatic rings. The van der Waals surface area contributed by atoms with Crippen LogP contribution in [0.15, 0.2) is 36.4 Å². The van der Waals surface area contributed by atoms with Crippen molar-refractivity contribution in [2.75, 3.05) is 24.3 Å². The number of amides is 1. The topological polar surface area (TPSA) is 93.8 Å². The van der Waals surface area contributed by atoms with Crippen molar-refractivity contribution in [2.24, 2.45) is 0 Å². The first-order chi connectivity index (χ1) is 12.2. The fourth-order valence-electron chi connectivity index (χ4n) is 2.29. The molecule has 26 heavy (non-hydrogen) atoms. The van der Waals surface area contributed by atoms with Gasteiger partial charge in [-0.3, -0.25) is 5.32 Å².